The van der Waals surface area contributed by atoms with E-state index in [0.29, 0.717) is 17.4 Å². The van der Waals surface area contributed by atoms with Gasteiger partial charge in [0.2, 0.25) is 5.95 Å². The predicted octanol–water partition coefficient (Wildman–Crippen LogP) is 4.01. The maximum atomic E-state index is 12.2. The number of benzene rings is 1. The average Bonchev–Trinajstić information content (AvgIpc) is 2.67. The second-order valence-electron chi connectivity index (χ2n) is 7.55. The Morgan fingerprint density at radius 2 is 2.07 bits per heavy atom. The summed E-state index contributed by atoms with van der Waals surface area (Å²) < 4.78 is 5.82. The number of hydrogen-bond donors (Lipinski definition) is 2. The Morgan fingerprint density at radius 1 is 1.25 bits per heavy atom. The van der Waals surface area contributed by atoms with Crippen LogP contribution in [0.15, 0.2) is 36.8 Å². The first kappa shape index (κ1) is 18.2. The molecule has 0 saturated carbocycles. The minimum atomic E-state index is -0.890. The van der Waals surface area contributed by atoms with Gasteiger partial charge in [-0.3, -0.25) is 9.78 Å². The number of fused-ring (bicyclic) bond motifs is 2. The molecule has 7 nitrogen and oxygen atoms in total. The molecule has 1 atom stereocenters. The number of carbonyl (C=O) groups is 1. The topological polar surface area (TPSA) is 89.0 Å². The van der Waals surface area contributed by atoms with Crippen LogP contribution in [0.1, 0.15) is 34.1 Å². The fourth-order valence-electron chi connectivity index (χ4n) is 3.04. The van der Waals surface area contributed by atoms with Crippen molar-refractivity contribution in [3.8, 4) is 16.9 Å². The summed E-state index contributed by atoms with van der Waals surface area (Å²) in [5.74, 6) is 1.07. The molecule has 0 saturated heterocycles. The van der Waals surface area contributed by atoms with Gasteiger partial charge in [0.05, 0.1) is 11.2 Å². The smallest absolute Gasteiger partial charge is 0.268 e. The quantitative estimate of drug-likeness (QED) is 0.714. The maximum absolute atomic E-state index is 12.2. The molecule has 3 aromatic rings. The highest BCUT2D eigenvalue weighted by molar-refractivity contribution is 6.01. The van der Waals surface area contributed by atoms with Crippen LogP contribution in [0.4, 0.5) is 11.6 Å². The first-order chi connectivity index (χ1) is 13.4. The number of nitrogens with zero attached hydrogens (tertiary/aromatic N) is 3. The van der Waals surface area contributed by atoms with Crippen molar-refractivity contribution in [3.05, 3.63) is 36.8 Å². The van der Waals surface area contributed by atoms with E-state index in [1.54, 1.807) is 32.4 Å². The van der Waals surface area contributed by atoms with Gasteiger partial charge < -0.3 is 15.4 Å². The van der Waals surface area contributed by atoms with Gasteiger partial charge in [0, 0.05) is 35.6 Å². The SMILES string of the molecule is CCC(C)Nc1ncc2cncc(-c3ccc4c(c3)NC(=O)C(C)(C)O4)c2n1. The molecule has 2 N–H and O–H groups in total. The van der Waals surface area contributed by atoms with Crippen LogP contribution in [0.3, 0.4) is 0 Å². The third-order valence-electron chi connectivity index (χ3n) is 4.93. The Balaban J connectivity index is 1.78. The lowest BCUT2D eigenvalue weighted by Gasteiger charge is -2.31. The molecule has 0 bridgehead atoms. The second-order valence-corrected chi connectivity index (χ2v) is 7.55. The van der Waals surface area contributed by atoms with Gasteiger partial charge >= 0.3 is 0 Å². The molecule has 0 spiro atoms. The average molecular weight is 377 g/mol. The Hall–Kier alpha value is -3.22. The fraction of sp³-hybridized carbons (Fsp3) is 0.333. The Morgan fingerprint density at radius 3 is 2.86 bits per heavy atom. The van der Waals surface area contributed by atoms with E-state index in [-0.39, 0.29) is 11.9 Å². The van der Waals surface area contributed by atoms with E-state index in [1.807, 2.05) is 18.2 Å². The Kier molecular flexibility index (Phi) is 4.37. The van der Waals surface area contributed by atoms with Crippen molar-refractivity contribution in [1.82, 2.24) is 15.0 Å². The second kappa shape index (κ2) is 6.74. The van der Waals surface area contributed by atoms with Crippen molar-refractivity contribution in [1.29, 1.82) is 0 Å². The van der Waals surface area contributed by atoms with Gasteiger partial charge in [0.15, 0.2) is 5.60 Å². The third kappa shape index (κ3) is 3.24. The molecule has 3 heterocycles. The number of ether oxygens (including phenoxy) is 1. The lowest BCUT2D eigenvalue weighted by molar-refractivity contribution is -0.129. The van der Waals surface area contributed by atoms with Crippen LogP contribution in [-0.2, 0) is 4.79 Å². The fourth-order valence-corrected chi connectivity index (χ4v) is 3.04. The van der Waals surface area contributed by atoms with Gasteiger partial charge in [-0.1, -0.05) is 13.0 Å². The van der Waals surface area contributed by atoms with Crippen molar-refractivity contribution in [2.45, 2.75) is 45.8 Å². The molecule has 144 valence electrons. The highest BCUT2D eigenvalue weighted by Gasteiger charge is 2.35. The van der Waals surface area contributed by atoms with Crippen molar-refractivity contribution < 1.29 is 9.53 Å². The van der Waals surface area contributed by atoms with E-state index < -0.39 is 5.60 Å². The highest BCUT2D eigenvalue weighted by atomic mass is 16.5. The molecule has 0 aliphatic carbocycles. The van der Waals surface area contributed by atoms with Gasteiger partial charge in [-0.15, -0.1) is 0 Å². The van der Waals surface area contributed by atoms with Crippen LogP contribution in [-0.4, -0.2) is 32.5 Å². The number of nitrogens with one attached hydrogen (secondary N) is 2. The summed E-state index contributed by atoms with van der Waals surface area (Å²) in [6, 6.07) is 5.99. The summed E-state index contributed by atoms with van der Waals surface area (Å²) in [4.78, 5) is 25.7. The van der Waals surface area contributed by atoms with Gasteiger partial charge in [0.25, 0.3) is 5.91 Å². The third-order valence-corrected chi connectivity index (χ3v) is 4.93. The van der Waals surface area contributed by atoms with E-state index in [1.165, 1.54) is 0 Å². The summed E-state index contributed by atoms with van der Waals surface area (Å²) in [6.07, 6.45) is 6.28. The van der Waals surface area contributed by atoms with E-state index in [9.17, 15) is 4.79 Å². The van der Waals surface area contributed by atoms with Crippen molar-refractivity contribution in [3.63, 3.8) is 0 Å². The number of aromatic nitrogens is 3. The van der Waals surface area contributed by atoms with Crippen LogP contribution in [0.2, 0.25) is 0 Å². The van der Waals surface area contributed by atoms with E-state index in [4.69, 9.17) is 9.72 Å². The zero-order valence-electron chi connectivity index (χ0n) is 16.4. The predicted molar refractivity (Wildman–Crippen MR) is 109 cm³/mol. The molecule has 1 aromatic carbocycles. The largest absolute Gasteiger partial charge is 0.476 e. The zero-order valence-corrected chi connectivity index (χ0v) is 16.4. The zero-order chi connectivity index (χ0) is 19.9. The summed E-state index contributed by atoms with van der Waals surface area (Å²) >= 11 is 0. The van der Waals surface area contributed by atoms with Crippen LogP contribution in [0.5, 0.6) is 5.75 Å². The Bertz CT molecular complexity index is 1060. The number of anilines is 2. The minimum absolute atomic E-state index is 0.171. The lowest BCUT2D eigenvalue weighted by Crippen LogP contribution is -2.45. The van der Waals surface area contributed by atoms with E-state index in [0.717, 1.165) is 28.5 Å². The summed E-state index contributed by atoms with van der Waals surface area (Å²) in [5.41, 5.74) is 2.33. The lowest BCUT2D eigenvalue weighted by atomic mass is 10.0. The summed E-state index contributed by atoms with van der Waals surface area (Å²) in [6.45, 7) is 7.70. The molecule has 0 radical (unpaired) electrons. The molecule has 28 heavy (non-hydrogen) atoms. The highest BCUT2D eigenvalue weighted by Crippen LogP contribution is 2.37. The van der Waals surface area contributed by atoms with Crippen molar-refractivity contribution in [2.75, 3.05) is 10.6 Å². The number of pyridine rings is 1. The molecule has 1 amide bonds. The molecular formula is C21H23N5O2. The Labute approximate surface area is 163 Å². The van der Waals surface area contributed by atoms with Gasteiger partial charge in [0.1, 0.15) is 5.75 Å². The number of hydrogen-bond acceptors (Lipinski definition) is 6. The molecule has 2 aromatic heterocycles. The number of rotatable bonds is 4. The number of carbonyl (C=O) groups excluding carboxylic acids is 1. The summed E-state index contributed by atoms with van der Waals surface area (Å²) in [5, 5.41) is 7.08. The van der Waals surface area contributed by atoms with E-state index in [2.05, 4.69) is 34.4 Å². The molecule has 1 unspecified atom stereocenters. The van der Waals surface area contributed by atoms with Crippen LogP contribution in [0, 0.1) is 0 Å². The summed E-state index contributed by atoms with van der Waals surface area (Å²) in [7, 11) is 0. The molecule has 1 aliphatic heterocycles. The van der Waals surface area contributed by atoms with Gasteiger partial charge in [-0.25, -0.2) is 9.97 Å². The maximum Gasteiger partial charge on any atom is 0.268 e. The molecular weight excluding hydrogens is 354 g/mol. The van der Waals surface area contributed by atoms with Crippen LogP contribution < -0.4 is 15.4 Å². The first-order valence-electron chi connectivity index (χ1n) is 9.39. The van der Waals surface area contributed by atoms with Gasteiger partial charge in [-0.2, -0.15) is 0 Å². The number of amides is 1. The molecule has 1 aliphatic rings. The monoisotopic (exact) mass is 377 g/mol. The van der Waals surface area contributed by atoms with E-state index >= 15 is 0 Å². The molecule has 0 fully saturated rings. The van der Waals surface area contributed by atoms with Crippen LogP contribution >= 0.6 is 0 Å². The minimum Gasteiger partial charge on any atom is -0.476 e. The van der Waals surface area contributed by atoms with Crippen molar-refractivity contribution in [2.24, 2.45) is 0 Å². The first-order valence-corrected chi connectivity index (χ1v) is 9.39. The van der Waals surface area contributed by atoms with Crippen molar-refractivity contribution >= 4 is 28.4 Å². The molecule has 7 heteroatoms. The van der Waals surface area contributed by atoms with Crippen LogP contribution in [0.25, 0.3) is 22.0 Å². The molecule has 4 rings (SSSR count). The standard InChI is InChI=1S/C21H23N5O2/c1-5-12(2)24-20-23-10-14-9-22-11-15(18(14)26-20)13-6-7-17-16(8-13)25-19(27)21(3,4)28-17/h6-12H,5H2,1-4H3,(H,25,27)(H,23,24,26). The van der Waals surface area contributed by atoms with Gasteiger partial charge in [-0.05, 0) is 44.9 Å². The normalized spacial score (nSPS) is 16.1.